The molecule has 164 valence electrons. The summed E-state index contributed by atoms with van der Waals surface area (Å²) < 4.78 is 18.5. The van der Waals surface area contributed by atoms with Gasteiger partial charge in [-0.05, 0) is 43.5 Å². The summed E-state index contributed by atoms with van der Waals surface area (Å²) >= 11 is 0. The van der Waals surface area contributed by atoms with E-state index in [1.807, 2.05) is 29.0 Å². The smallest absolute Gasteiger partial charge is 0.162 e. The second-order valence-electron chi connectivity index (χ2n) is 8.94. The lowest BCUT2D eigenvalue weighted by molar-refractivity contribution is 0.109. The Morgan fingerprint density at radius 2 is 1.97 bits per heavy atom. The van der Waals surface area contributed by atoms with Crippen molar-refractivity contribution in [3.8, 4) is 22.7 Å². The molecular weight excluding hydrogens is 409 g/mol. The van der Waals surface area contributed by atoms with Gasteiger partial charge in [0.05, 0.1) is 29.8 Å². The third kappa shape index (κ3) is 3.15. The monoisotopic (exact) mass is 433 g/mol. The quantitative estimate of drug-likeness (QED) is 0.513. The number of fused-ring (bicyclic) bond motifs is 1. The summed E-state index contributed by atoms with van der Waals surface area (Å²) in [6.45, 7) is 0.377. The van der Waals surface area contributed by atoms with E-state index in [4.69, 9.17) is 0 Å². The summed E-state index contributed by atoms with van der Waals surface area (Å²) in [5, 5.41) is 31.5. The Bertz CT molecular complexity index is 1260. The molecule has 2 fully saturated rings. The number of hydrogen-bond donors (Lipinski definition) is 2. The highest BCUT2D eigenvalue weighted by Gasteiger charge is 2.43. The fourth-order valence-corrected chi connectivity index (χ4v) is 5.33. The molecule has 9 heteroatoms. The molecule has 3 aromatic heterocycles. The first kappa shape index (κ1) is 19.4. The van der Waals surface area contributed by atoms with E-state index >= 15 is 0 Å². The first-order valence-corrected chi connectivity index (χ1v) is 11.1. The lowest BCUT2D eigenvalue weighted by Crippen LogP contribution is -2.54. The molecule has 2 atom stereocenters. The fourth-order valence-electron chi connectivity index (χ4n) is 5.33. The lowest BCUT2D eigenvalue weighted by Gasteiger charge is -2.41. The van der Waals surface area contributed by atoms with Crippen molar-refractivity contribution in [1.82, 2.24) is 35.1 Å². The van der Waals surface area contributed by atoms with Gasteiger partial charge in [0.2, 0.25) is 0 Å². The van der Waals surface area contributed by atoms with E-state index in [2.05, 4.69) is 25.8 Å². The maximum atomic E-state index is 15.0. The average Bonchev–Trinajstić information content (AvgIpc) is 3.57. The van der Waals surface area contributed by atoms with Crippen molar-refractivity contribution in [2.24, 2.45) is 0 Å². The van der Waals surface area contributed by atoms with Gasteiger partial charge >= 0.3 is 0 Å². The number of phenols is 1. The summed E-state index contributed by atoms with van der Waals surface area (Å²) in [5.74, 6) is 0.0800. The van der Waals surface area contributed by atoms with Gasteiger partial charge in [0.1, 0.15) is 11.9 Å². The van der Waals surface area contributed by atoms with Crippen molar-refractivity contribution in [2.75, 3.05) is 6.54 Å². The predicted octanol–water partition coefficient (Wildman–Crippen LogP) is 3.57. The molecular formula is C23H24FN7O. The number of aromatic nitrogens is 6. The van der Waals surface area contributed by atoms with Crippen molar-refractivity contribution in [1.29, 1.82) is 0 Å². The topological polar surface area (TPSA) is 93.7 Å². The van der Waals surface area contributed by atoms with Gasteiger partial charge in [0.15, 0.2) is 5.65 Å². The summed E-state index contributed by atoms with van der Waals surface area (Å²) in [6, 6.07) is 8.83. The Kier molecular flexibility index (Phi) is 4.46. The van der Waals surface area contributed by atoms with Crippen LogP contribution in [0.1, 0.15) is 38.1 Å². The van der Waals surface area contributed by atoms with Gasteiger partial charge in [0.25, 0.3) is 0 Å². The van der Waals surface area contributed by atoms with Crippen molar-refractivity contribution >= 4 is 11.0 Å². The molecule has 4 aromatic rings. The number of aromatic hydroxyl groups is 1. The molecule has 1 aromatic carbocycles. The number of phenolic OH excluding ortho intramolecular Hbond substituents is 1. The number of hydrogen-bond acceptors (Lipinski definition) is 6. The second-order valence-corrected chi connectivity index (χ2v) is 8.94. The molecule has 1 unspecified atom stereocenters. The molecule has 0 bridgehead atoms. The molecule has 1 spiro atoms. The van der Waals surface area contributed by atoms with Crippen LogP contribution in [0.5, 0.6) is 5.75 Å². The van der Waals surface area contributed by atoms with Gasteiger partial charge in [0, 0.05) is 35.3 Å². The molecule has 6 rings (SSSR count). The normalized spacial score (nSPS) is 22.7. The maximum Gasteiger partial charge on any atom is 0.162 e. The average molecular weight is 433 g/mol. The molecule has 1 saturated heterocycles. The zero-order valence-electron chi connectivity index (χ0n) is 17.5. The van der Waals surface area contributed by atoms with Crippen LogP contribution in [-0.4, -0.2) is 53.1 Å². The largest absolute Gasteiger partial charge is 0.507 e. The molecule has 4 heterocycles. The molecule has 1 aliphatic heterocycles. The minimum Gasteiger partial charge on any atom is -0.507 e. The maximum absolute atomic E-state index is 15.0. The molecule has 8 nitrogen and oxygen atoms in total. The highest BCUT2D eigenvalue weighted by molar-refractivity contribution is 5.81. The van der Waals surface area contributed by atoms with Crippen LogP contribution in [0.15, 0.2) is 48.9 Å². The first-order valence-electron chi connectivity index (χ1n) is 11.1. The van der Waals surface area contributed by atoms with Crippen molar-refractivity contribution in [3.63, 3.8) is 0 Å². The molecule has 1 saturated carbocycles. The molecule has 0 amide bonds. The van der Waals surface area contributed by atoms with Crippen molar-refractivity contribution in [2.45, 2.75) is 49.9 Å². The Morgan fingerprint density at radius 1 is 1.09 bits per heavy atom. The summed E-state index contributed by atoms with van der Waals surface area (Å²) in [6.07, 6.45) is 9.62. The number of rotatable bonds is 3. The SMILES string of the molecule is Oc1cc(-n2ccnn2)ccc1-c1cc2ccn(C3CC4(CCCC4)NC[C@@H]3F)c2nn1. The fraction of sp³-hybridized carbons (Fsp3) is 0.391. The van der Waals surface area contributed by atoms with Crippen LogP contribution in [0.2, 0.25) is 0 Å². The van der Waals surface area contributed by atoms with Crippen LogP contribution in [0.3, 0.4) is 0 Å². The van der Waals surface area contributed by atoms with E-state index in [-0.39, 0.29) is 17.3 Å². The Morgan fingerprint density at radius 3 is 2.75 bits per heavy atom. The van der Waals surface area contributed by atoms with Gasteiger partial charge in [-0.1, -0.05) is 18.1 Å². The van der Waals surface area contributed by atoms with Gasteiger partial charge in [-0.25, -0.2) is 9.07 Å². The lowest BCUT2D eigenvalue weighted by atomic mass is 9.83. The van der Waals surface area contributed by atoms with E-state index in [1.54, 1.807) is 29.2 Å². The van der Waals surface area contributed by atoms with Crippen LogP contribution < -0.4 is 5.32 Å². The zero-order chi connectivity index (χ0) is 21.7. The number of nitrogens with zero attached hydrogens (tertiary/aromatic N) is 6. The van der Waals surface area contributed by atoms with E-state index in [9.17, 15) is 9.50 Å². The third-order valence-corrected chi connectivity index (χ3v) is 7.01. The van der Waals surface area contributed by atoms with Gasteiger partial charge in [-0.15, -0.1) is 15.3 Å². The van der Waals surface area contributed by atoms with Gasteiger partial charge in [-0.3, -0.25) is 0 Å². The molecule has 1 aliphatic carbocycles. The molecule has 2 N–H and O–H groups in total. The van der Waals surface area contributed by atoms with Crippen molar-refractivity contribution in [3.05, 3.63) is 48.9 Å². The molecule has 0 radical (unpaired) electrons. The third-order valence-electron chi connectivity index (χ3n) is 7.01. The minimum atomic E-state index is -0.966. The molecule has 2 aliphatic rings. The van der Waals surface area contributed by atoms with E-state index in [0.717, 1.165) is 24.6 Å². The van der Waals surface area contributed by atoms with Crippen LogP contribution in [0.25, 0.3) is 28.0 Å². The van der Waals surface area contributed by atoms with E-state index in [0.29, 0.717) is 29.1 Å². The van der Waals surface area contributed by atoms with Gasteiger partial charge < -0.3 is 15.0 Å². The van der Waals surface area contributed by atoms with Gasteiger partial charge in [-0.2, -0.15) is 0 Å². The second kappa shape index (κ2) is 7.37. The Labute approximate surface area is 184 Å². The van der Waals surface area contributed by atoms with Crippen LogP contribution in [0, 0.1) is 0 Å². The number of piperidine rings is 1. The Hall–Kier alpha value is -3.33. The van der Waals surface area contributed by atoms with E-state index in [1.165, 1.54) is 12.8 Å². The molecule has 32 heavy (non-hydrogen) atoms. The van der Waals surface area contributed by atoms with Crippen LogP contribution in [0.4, 0.5) is 4.39 Å². The number of alkyl halides is 1. The number of nitrogens with one attached hydrogen (secondary N) is 1. The van der Waals surface area contributed by atoms with E-state index < -0.39 is 6.17 Å². The Balaban J connectivity index is 1.33. The highest BCUT2D eigenvalue weighted by atomic mass is 19.1. The highest BCUT2D eigenvalue weighted by Crippen LogP contribution is 2.42. The minimum absolute atomic E-state index is 0.0504. The van der Waals surface area contributed by atoms with Crippen molar-refractivity contribution < 1.29 is 9.50 Å². The standard InChI is InChI=1S/C23H24FN7O/c24-18-14-25-23(6-1-2-7-23)13-20(18)30-9-5-15-11-19(27-28-22(15)30)17-4-3-16(12-21(17)32)31-10-8-26-29-31/h3-5,8-12,18,20,25,32H,1-2,6-7,13-14H2/t18-,20?/m0/s1. The predicted molar refractivity (Wildman–Crippen MR) is 117 cm³/mol. The first-order chi connectivity index (χ1) is 15.6. The number of halogens is 1. The van der Waals surface area contributed by atoms with Crippen LogP contribution in [-0.2, 0) is 0 Å². The van der Waals surface area contributed by atoms with Crippen LogP contribution >= 0.6 is 0 Å². The number of benzene rings is 1. The summed E-state index contributed by atoms with van der Waals surface area (Å²) in [7, 11) is 0. The zero-order valence-corrected chi connectivity index (χ0v) is 17.5. The summed E-state index contributed by atoms with van der Waals surface area (Å²) in [5.41, 5.74) is 2.56. The summed E-state index contributed by atoms with van der Waals surface area (Å²) in [4.78, 5) is 0.